The van der Waals surface area contributed by atoms with Crippen molar-refractivity contribution in [3.8, 4) is 0 Å². The third kappa shape index (κ3) is 8.56. The van der Waals surface area contributed by atoms with Gasteiger partial charge in [-0.2, -0.15) is 0 Å². The van der Waals surface area contributed by atoms with Gasteiger partial charge in [0.15, 0.2) is 0 Å². The molecule has 5 unspecified atom stereocenters. The topological polar surface area (TPSA) is 86.7 Å². The maximum Gasteiger partial charge on any atom is 0.317 e. The van der Waals surface area contributed by atoms with Crippen LogP contribution in [0.25, 0.3) is 0 Å². The van der Waals surface area contributed by atoms with Gasteiger partial charge >= 0.3 is 23.9 Å². The molecule has 0 spiro atoms. The van der Waals surface area contributed by atoms with Crippen LogP contribution in [0.1, 0.15) is 141 Å². The molecule has 2 rings (SSSR count). The van der Waals surface area contributed by atoms with Gasteiger partial charge < -0.3 is 9.47 Å². The average molecular weight is 589 g/mol. The van der Waals surface area contributed by atoms with Gasteiger partial charge in [0.05, 0.1) is 24.7 Å². The number of esters is 4. The quantitative estimate of drug-likeness (QED) is 0.102. The van der Waals surface area contributed by atoms with E-state index in [1.807, 2.05) is 0 Å². The smallest absolute Gasteiger partial charge is 0.317 e. The molecule has 240 valence electrons. The summed E-state index contributed by atoms with van der Waals surface area (Å²) in [4.78, 5) is 48.3. The van der Waals surface area contributed by atoms with Gasteiger partial charge in [-0.3, -0.25) is 19.2 Å². The molecule has 42 heavy (non-hydrogen) atoms. The fourth-order valence-corrected chi connectivity index (χ4v) is 7.62. The van der Waals surface area contributed by atoms with Crippen molar-refractivity contribution in [3.05, 3.63) is 11.6 Å². The molecule has 2 heterocycles. The van der Waals surface area contributed by atoms with Crippen molar-refractivity contribution in [2.75, 3.05) is 0 Å². The number of unbranched alkanes of at least 4 members (excludes halogenated alkanes) is 1. The Morgan fingerprint density at radius 2 is 1.26 bits per heavy atom. The summed E-state index contributed by atoms with van der Waals surface area (Å²) in [5.41, 5.74) is 1.05. The predicted molar refractivity (Wildman–Crippen MR) is 167 cm³/mol. The van der Waals surface area contributed by atoms with E-state index in [0.29, 0.717) is 30.6 Å². The van der Waals surface area contributed by atoms with Crippen LogP contribution in [-0.2, 0) is 28.7 Å². The van der Waals surface area contributed by atoms with Gasteiger partial charge in [0.2, 0.25) is 0 Å². The van der Waals surface area contributed by atoms with E-state index >= 15 is 0 Å². The number of hydrogen-bond acceptors (Lipinski definition) is 6. The average Bonchev–Trinajstić information content (AvgIpc) is 3.36. The number of cyclic esters (lactones) is 4. The minimum atomic E-state index is -0.552. The van der Waals surface area contributed by atoms with Crippen molar-refractivity contribution < 1.29 is 28.7 Å². The van der Waals surface area contributed by atoms with E-state index in [9.17, 15) is 19.2 Å². The number of ether oxygens (including phenoxy) is 2. The standard InChI is InChI=1S/C36H60O6/c1-13-15-16-34(7,8)23(3)24(4)35(9,10)36(11,12)28(14-2)22-33(5,6)21-25(17-26-19-29(37)41-31(26)39)18-27-20-30(38)42-32(27)40/h21,23-24,26-28H,13-20,22H2,1-12H3. The van der Waals surface area contributed by atoms with Crippen molar-refractivity contribution in [1.29, 1.82) is 0 Å². The van der Waals surface area contributed by atoms with Crippen LogP contribution in [0.2, 0.25) is 0 Å². The zero-order chi connectivity index (χ0) is 32.3. The normalized spacial score (nSPS) is 22.6. The molecule has 2 aliphatic heterocycles. The first-order chi connectivity index (χ1) is 19.2. The van der Waals surface area contributed by atoms with Crippen LogP contribution in [0, 0.1) is 51.2 Å². The highest BCUT2D eigenvalue weighted by Gasteiger charge is 2.49. The van der Waals surface area contributed by atoms with Crippen LogP contribution in [0.5, 0.6) is 0 Å². The summed E-state index contributed by atoms with van der Waals surface area (Å²) in [7, 11) is 0. The number of carbonyl (C=O) groups excluding carboxylic acids is 4. The molecular weight excluding hydrogens is 528 g/mol. The summed E-state index contributed by atoms with van der Waals surface area (Å²) in [5, 5.41) is 0. The van der Waals surface area contributed by atoms with Gasteiger partial charge in [-0.05, 0) is 65.1 Å². The molecule has 6 heteroatoms. The number of allylic oxidation sites excluding steroid dienone is 2. The molecular formula is C36H60O6. The highest BCUT2D eigenvalue weighted by molar-refractivity contribution is 5.95. The predicted octanol–water partition coefficient (Wildman–Crippen LogP) is 8.86. The molecule has 5 atom stereocenters. The third-order valence-electron chi connectivity index (χ3n) is 11.8. The Kier molecular flexibility index (Phi) is 11.9. The molecule has 2 saturated heterocycles. The Morgan fingerprint density at radius 3 is 1.64 bits per heavy atom. The van der Waals surface area contributed by atoms with Crippen LogP contribution in [0.15, 0.2) is 11.6 Å². The summed E-state index contributed by atoms with van der Waals surface area (Å²) in [6.45, 7) is 28.5. The summed E-state index contributed by atoms with van der Waals surface area (Å²) in [6.07, 6.45) is 8.68. The van der Waals surface area contributed by atoms with Crippen molar-refractivity contribution in [2.45, 2.75) is 141 Å². The molecule has 0 saturated carbocycles. The first-order valence-corrected chi connectivity index (χ1v) is 16.4. The lowest BCUT2D eigenvalue weighted by atomic mass is 9.50. The Bertz CT molecular complexity index is 989. The molecule has 2 aliphatic rings. The fourth-order valence-electron chi connectivity index (χ4n) is 7.62. The van der Waals surface area contributed by atoms with E-state index in [4.69, 9.17) is 9.47 Å². The van der Waals surface area contributed by atoms with E-state index in [0.717, 1.165) is 18.4 Å². The summed E-state index contributed by atoms with van der Waals surface area (Å²) < 4.78 is 9.63. The summed E-state index contributed by atoms with van der Waals surface area (Å²) >= 11 is 0. The monoisotopic (exact) mass is 588 g/mol. The minimum absolute atomic E-state index is 0.0326. The minimum Gasteiger partial charge on any atom is -0.393 e. The molecule has 0 aliphatic carbocycles. The first kappa shape index (κ1) is 36.2. The van der Waals surface area contributed by atoms with Crippen LogP contribution in [0.3, 0.4) is 0 Å². The van der Waals surface area contributed by atoms with Crippen LogP contribution in [-0.4, -0.2) is 23.9 Å². The number of rotatable bonds is 16. The fraction of sp³-hybridized carbons (Fsp3) is 0.833. The molecule has 0 radical (unpaired) electrons. The van der Waals surface area contributed by atoms with Gasteiger partial charge in [-0.15, -0.1) is 0 Å². The second-order valence-electron chi connectivity index (χ2n) is 16.0. The zero-order valence-electron chi connectivity index (χ0n) is 28.8. The van der Waals surface area contributed by atoms with Gasteiger partial charge in [-0.1, -0.05) is 114 Å². The van der Waals surface area contributed by atoms with Crippen molar-refractivity contribution in [2.24, 2.45) is 51.2 Å². The molecule has 0 aromatic heterocycles. The Hall–Kier alpha value is -1.98. The third-order valence-corrected chi connectivity index (χ3v) is 11.8. The van der Waals surface area contributed by atoms with E-state index < -0.39 is 35.7 Å². The van der Waals surface area contributed by atoms with Crippen LogP contribution in [0.4, 0.5) is 0 Å². The largest absolute Gasteiger partial charge is 0.393 e. The highest BCUT2D eigenvalue weighted by Crippen LogP contribution is 2.57. The molecule has 0 aromatic rings. The Balaban J connectivity index is 2.34. The van der Waals surface area contributed by atoms with Crippen LogP contribution < -0.4 is 0 Å². The van der Waals surface area contributed by atoms with Crippen LogP contribution >= 0.6 is 0 Å². The van der Waals surface area contributed by atoms with E-state index in [2.05, 4.69) is 89.2 Å². The lowest BCUT2D eigenvalue weighted by molar-refractivity contribution is -0.154. The first-order valence-electron chi connectivity index (χ1n) is 16.4. The molecule has 0 N–H and O–H groups in total. The van der Waals surface area contributed by atoms with Gasteiger partial charge in [-0.25, -0.2) is 0 Å². The second kappa shape index (κ2) is 13.8. The number of hydrogen-bond donors (Lipinski definition) is 0. The summed E-state index contributed by atoms with van der Waals surface area (Å²) in [6, 6.07) is 0. The maximum absolute atomic E-state index is 12.3. The molecule has 0 aromatic carbocycles. The van der Waals surface area contributed by atoms with Crippen molar-refractivity contribution >= 4 is 23.9 Å². The van der Waals surface area contributed by atoms with Crippen molar-refractivity contribution in [3.63, 3.8) is 0 Å². The van der Waals surface area contributed by atoms with E-state index in [1.165, 1.54) is 19.3 Å². The zero-order valence-corrected chi connectivity index (χ0v) is 28.8. The van der Waals surface area contributed by atoms with Gasteiger partial charge in [0.1, 0.15) is 0 Å². The number of carbonyl (C=O) groups is 4. The van der Waals surface area contributed by atoms with E-state index in [-0.39, 0.29) is 34.5 Å². The van der Waals surface area contributed by atoms with Crippen molar-refractivity contribution in [1.82, 2.24) is 0 Å². The van der Waals surface area contributed by atoms with Gasteiger partial charge in [0, 0.05) is 0 Å². The lowest BCUT2D eigenvalue weighted by Gasteiger charge is -2.55. The Labute approximate surface area is 256 Å². The SMILES string of the molecule is CCCCC(C)(C)C(C)C(C)C(C)(C)C(C)(C)C(CC)CC(C)(C)C=C(CC1CC(=O)OC1=O)CC1CC(=O)OC1=O. The second-order valence-corrected chi connectivity index (χ2v) is 16.0. The Morgan fingerprint density at radius 1 is 0.786 bits per heavy atom. The molecule has 6 nitrogen and oxygen atoms in total. The lowest BCUT2D eigenvalue weighted by Crippen LogP contribution is -2.48. The molecule has 0 bridgehead atoms. The molecule has 0 amide bonds. The highest BCUT2D eigenvalue weighted by atomic mass is 16.6. The van der Waals surface area contributed by atoms with E-state index in [1.54, 1.807) is 0 Å². The molecule has 2 fully saturated rings. The summed E-state index contributed by atoms with van der Waals surface area (Å²) in [5.74, 6) is -1.62. The van der Waals surface area contributed by atoms with Gasteiger partial charge in [0.25, 0.3) is 0 Å². The maximum atomic E-state index is 12.3.